The number of nitrogens with zero attached hydrogens (tertiary/aromatic N) is 3. The summed E-state index contributed by atoms with van der Waals surface area (Å²) in [5.41, 5.74) is 0. The van der Waals surface area contributed by atoms with Crippen LogP contribution in [0.25, 0.3) is 0 Å². The van der Waals surface area contributed by atoms with Crippen LogP contribution in [0.15, 0.2) is 18.5 Å². The van der Waals surface area contributed by atoms with Gasteiger partial charge in [0.25, 0.3) is 0 Å². The second-order valence-corrected chi connectivity index (χ2v) is 7.14. The van der Waals surface area contributed by atoms with E-state index in [1.54, 1.807) is 10.9 Å². The summed E-state index contributed by atoms with van der Waals surface area (Å²) in [6, 6.07) is 2.48. The highest BCUT2D eigenvalue weighted by atomic mass is 32.2. The average Bonchev–Trinajstić information content (AvgIpc) is 3.22. The molecule has 1 N–H and O–H groups in total. The zero-order valence-electron chi connectivity index (χ0n) is 12.4. The van der Waals surface area contributed by atoms with Crippen molar-refractivity contribution in [1.29, 1.82) is 0 Å². The van der Waals surface area contributed by atoms with Crippen molar-refractivity contribution in [2.75, 3.05) is 31.2 Å². The minimum Gasteiger partial charge on any atom is -0.390 e. The van der Waals surface area contributed by atoms with Crippen molar-refractivity contribution in [1.82, 2.24) is 14.7 Å². The number of hydrogen-bond donors (Lipinski definition) is 1. The molecule has 2 fully saturated rings. The van der Waals surface area contributed by atoms with Gasteiger partial charge in [0, 0.05) is 43.9 Å². The minimum atomic E-state index is -0.378. The predicted molar refractivity (Wildman–Crippen MR) is 84.5 cm³/mol. The Labute approximate surface area is 130 Å². The molecule has 6 heteroatoms. The first kappa shape index (κ1) is 15.3. The molecule has 0 aliphatic carbocycles. The van der Waals surface area contributed by atoms with Gasteiger partial charge >= 0.3 is 0 Å². The van der Waals surface area contributed by atoms with Crippen LogP contribution in [0.2, 0.25) is 0 Å². The van der Waals surface area contributed by atoms with Gasteiger partial charge in [-0.05, 0) is 31.1 Å². The first-order chi connectivity index (χ1) is 10.3. The van der Waals surface area contributed by atoms with Crippen molar-refractivity contribution in [2.24, 2.45) is 0 Å². The highest BCUT2D eigenvalue weighted by Gasteiger charge is 2.28. The lowest BCUT2D eigenvalue weighted by atomic mass is 10.1. The second kappa shape index (κ2) is 7.63. The fraction of sp³-hybridized carbons (Fsp3) is 0.800. The number of hydrogen-bond acceptors (Lipinski definition) is 5. The highest BCUT2D eigenvalue weighted by Crippen LogP contribution is 2.24. The molecule has 1 aromatic rings. The van der Waals surface area contributed by atoms with E-state index in [2.05, 4.69) is 10.00 Å². The lowest BCUT2D eigenvalue weighted by Gasteiger charge is -2.32. The summed E-state index contributed by atoms with van der Waals surface area (Å²) in [5.74, 6) is 2.42. The number of aromatic nitrogens is 2. The van der Waals surface area contributed by atoms with Gasteiger partial charge in [0.05, 0.1) is 18.8 Å². The third-order valence-electron chi connectivity index (χ3n) is 4.29. The SMILES string of the molecule is O[C@H](CN(C[C@H]1CCCO1)[C@H]1CCSC1)Cn1cccn1. The maximum absolute atomic E-state index is 10.4. The summed E-state index contributed by atoms with van der Waals surface area (Å²) in [6.07, 6.45) is 7.19. The van der Waals surface area contributed by atoms with Crippen molar-refractivity contribution in [2.45, 2.75) is 44.1 Å². The van der Waals surface area contributed by atoms with E-state index in [0.717, 1.165) is 19.6 Å². The molecule has 5 nitrogen and oxygen atoms in total. The number of aliphatic hydroxyl groups is 1. The van der Waals surface area contributed by atoms with Crippen molar-refractivity contribution >= 4 is 11.8 Å². The number of thioether (sulfide) groups is 1. The fourth-order valence-corrected chi connectivity index (χ4v) is 4.44. The molecular formula is C15H25N3O2S. The average molecular weight is 311 g/mol. The smallest absolute Gasteiger partial charge is 0.0862 e. The Kier molecular flexibility index (Phi) is 5.57. The quantitative estimate of drug-likeness (QED) is 0.821. The maximum Gasteiger partial charge on any atom is 0.0862 e. The summed E-state index contributed by atoms with van der Waals surface area (Å²) in [5, 5.41) is 14.5. The molecule has 0 radical (unpaired) electrons. The molecule has 3 heterocycles. The van der Waals surface area contributed by atoms with Crippen molar-refractivity contribution in [3.05, 3.63) is 18.5 Å². The van der Waals surface area contributed by atoms with E-state index < -0.39 is 0 Å². The van der Waals surface area contributed by atoms with Crippen molar-refractivity contribution in [3.63, 3.8) is 0 Å². The zero-order valence-corrected chi connectivity index (χ0v) is 13.2. The largest absolute Gasteiger partial charge is 0.390 e. The van der Waals surface area contributed by atoms with Gasteiger partial charge < -0.3 is 9.84 Å². The van der Waals surface area contributed by atoms with E-state index >= 15 is 0 Å². The summed E-state index contributed by atoms with van der Waals surface area (Å²) in [7, 11) is 0. The maximum atomic E-state index is 10.4. The summed E-state index contributed by atoms with van der Waals surface area (Å²) in [4.78, 5) is 2.45. The van der Waals surface area contributed by atoms with Crippen LogP contribution in [-0.2, 0) is 11.3 Å². The molecule has 1 aromatic heterocycles. The van der Waals surface area contributed by atoms with Crippen LogP contribution in [0.4, 0.5) is 0 Å². The van der Waals surface area contributed by atoms with Crippen LogP contribution >= 0.6 is 11.8 Å². The van der Waals surface area contributed by atoms with Crippen LogP contribution in [0.3, 0.4) is 0 Å². The van der Waals surface area contributed by atoms with E-state index in [4.69, 9.17) is 4.74 Å². The third-order valence-corrected chi connectivity index (χ3v) is 5.43. The van der Waals surface area contributed by atoms with Crippen LogP contribution in [0.5, 0.6) is 0 Å². The molecule has 2 aliphatic rings. The van der Waals surface area contributed by atoms with E-state index in [-0.39, 0.29) is 6.10 Å². The monoisotopic (exact) mass is 311 g/mol. The Morgan fingerprint density at radius 2 is 2.43 bits per heavy atom. The van der Waals surface area contributed by atoms with Crippen LogP contribution < -0.4 is 0 Å². The molecular weight excluding hydrogens is 286 g/mol. The van der Waals surface area contributed by atoms with Crippen molar-refractivity contribution in [3.8, 4) is 0 Å². The number of aliphatic hydroxyl groups excluding tert-OH is 1. The second-order valence-electron chi connectivity index (χ2n) is 5.99. The Hall–Kier alpha value is -0.560. The molecule has 0 spiro atoms. The number of rotatable bonds is 7. The van der Waals surface area contributed by atoms with Gasteiger partial charge in [0.1, 0.15) is 0 Å². The normalized spacial score (nSPS) is 27.5. The first-order valence-corrected chi connectivity index (χ1v) is 9.05. The number of ether oxygens (including phenoxy) is 1. The van der Waals surface area contributed by atoms with E-state index in [0.29, 0.717) is 25.2 Å². The molecule has 0 bridgehead atoms. The highest BCUT2D eigenvalue weighted by molar-refractivity contribution is 7.99. The molecule has 2 aliphatic heterocycles. The Morgan fingerprint density at radius 1 is 1.48 bits per heavy atom. The Morgan fingerprint density at radius 3 is 3.10 bits per heavy atom. The topological polar surface area (TPSA) is 50.5 Å². The van der Waals surface area contributed by atoms with Crippen LogP contribution in [0, 0.1) is 0 Å². The predicted octanol–water partition coefficient (Wildman–Crippen LogP) is 1.23. The zero-order chi connectivity index (χ0) is 14.5. The molecule has 0 amide bonds. The molecule has 118 valence electrons. The molecule has 3 rings (SSSR count). The van der Waals surface area contributed by atoms with E-state index in [1.165, 1.54) is 24.3 Å². The summed E-state index contributed by atoms with van der Waals surface area (Å²) >= 11 is 2.02. The lowest BCUT2D eigenvalue weighted by Crippen LogP contribution is -2.45. The summed E-state index contributed by atoms with van der Waals surface area (Å²) < 4.78 is 7.59. The van der Waals surface area contributed by atoms with Crippen LogP contribution in [-0.4, -0.2) is 69.2 Å². The third kappa shape index (κ3) is 4.45. The first-order valence-electron chi connectivity index (χ1n) is 7.90. The molecule has 3 atom stereocenters. The lowest BCUT2D eigenvalue weighted by molar-refractivity contribution is 0.0296. The van der Waals surface area contributed by atoms with Gasteiger partial charge in [0.2, 0.25) is 0 Å². The molecule has 2 saturated heterocycles. The molecule has 21 heavy (non-hydrogen) atoms. The Balaban J connectivity index is 1.55. The minimum absolute atomic E-state index is 0.354. The Bertz CT molecular complexity index is 403. The van der Waals surface area contributed by atoms with Crippen molar-refractivity contribution < 1.29 is 9.84 Å². The van der Waals surface area contributed by atoms with Gasteiger partial charge in [-0.2, -0.15) is 16.9 Å². The standard InChI is InChI=1S/C15H25N3O2S/c19-14(10-18-6-2-5-16-18)9-17(13-4-8-21-12-13)11-15-3-1-7-20-15/h2,5-6,13-15,19H,1,3-4,7-12H2/t13-,14+,15+/m0/s1. The van der Waals surface area contributed by atoms with Gasteiger partial charge in [-0.15, -0.1) is 0 Å². The van der Waals surface area contributed by atoms with Crippen LogP contribution in [0.1, 0.15) is 19.3 Å². The van der Waals surface area contributed by atoms with Gasteiger partial charge in [-0.25, -0.2) is 0 Å². The van der Waals surface area contributed by atoms with E-state index in [9.17, 15) is 5.11 Å². The molecule has 0 aromatic carbocycles. The molecule has 0 unspecified atom stereocenters. The summed E-state index contributed by atoms with van der Waals surface area (Å²) in [6.45, 7) is 3.13. The van der Waals surface area contributed by atoms with Gasteiger partial charge in [-0.1, -0.05) is 0 Å². The van der Waals surface area contributed by atoms with Gasteiger partial charge in [0.15, 0.2) is 0 Å². The van der Waals surface area contributed by atoms with Gasteiger partial charge in [-0.3, -0.25) is 9.58 Å². The molecule has 0 saturated carbocycles. The fourth-order valence-electron chi connectivity index (χ4n) is 3.19. The van der Waals surface area contributed by atoms with E-state index in [1.807, 2.05) is 24.0 Å².